The van der Waals surface area contributed by atoms with Crippen molar-refractivity contribution >= 4 is 52.4 Å². The number of hydrogen-bond acceptors (Lipinski definition) is 7. The predicted octanol–water partition coefficient (Wildman–Crippen LogP) is 4.14. The molecule has 0 fully saturated rings. The molecule has 7 nitrogen and oxygen atoms in total. The topological polar surface area (TPSA) is 94.3 Å². The third-order valence-corrected chi connectivity index (χ3v) is 4.59. The monoisotopic (exact) mass is 397 g/mol. The maximum absolute atomic E-state index is 12.2. The number of carbonyl (C=O) groups excluding carboxylic acids is 2. The van der Waals surface area contributed by atoms with Crippen LogP contribution in [0.1, 0.15) is 20.7 Å². The minimum atomic E-state index is -0.486. The Balaban J connectivity index is 1.73. The van der Waals surface area contributed by atoms with Crippen molar-refractivity contribution in [1.29, 1.82) is 0 Å². The third-order valence-electron chi connectivity index (χ3n) is 3.10. The fourth-order valence-electron chi connectivity index (χ4n) is 1.91. The first-order valence-electron chi connectivity index (χ1n) is 6.76. The highest BCUT2D eigenvalue weighted by Gasteiger charge is 2.17. The van der Waals surface area contributed by atoms with Crippen LogP contribution in [-0.4, -0.2) is 29.2 Å². The molecule has 0 unspecified atom stereocenters. The van der Waals surface area contributed by atoms with E-state index in [0.717, 1.165) is 0 Å². The van der Waals surface area contributed by atoms with E-state index in [0.29, 0.717) is 25.4 Å². The molecule has 2 aromatic heterocycles. The van der Waals surface area contributed by atoms with Crippen LogP contribution in [0.5, 0.6) is 0 Å². The Morgan fingerprint density at radius 3 is 2.44 bits per heavy atom. The SMILES string of the molecule is COC(=O)c1ccc(C(=O)Nc2nnc(-c3cc(Cl)sc3Cl)o2)cc1. The number of nitrogens with zero attached hydrogens (tertiary/aromatic N) is 2. The van der Waals surface area contributed by atoms with Gasteiger partial charge in [-0.1, -0.05) is 28.3 Å². The van der Waals surface area contributed by atoms with Crippen LogP contribution in [0.4, 0.5) is 6.01 Å². The lowest BCUT2D eigenvalue weighted by atomic mass is 10.1. The molecule has 0 aliphatic rings. The summed E-state index contributed by atoms with van der Waals surface area (Å²) in [6.45, 7) is 0. The molecule has 0 aliphatic heterocycles. The summed E-state index contributed by atoms with van der Waals surface area (Å²) in [7, 11) is 1.28. The molecular weight excluding hydrogens is 389 g/mol. The molecule has 128 valence electrons. The fourth-order valence-corrected chi connectivity index (χ4v) is 3.36. The van der Waals surface area contributed by atoms with E-state index in [-0.39, 0.29) is 11.9 Å². The highest BCUT2D eigenvalue weighted by atomic mass is 35.5. The number of aromatic nitrogens is 2. The van der Waals surface area contributed by atoms with E-state index in [2.05, 4.69) is 20.3 Å². The van der Waals surface area contributed by atoms with Crippen LogP contribution in [-0.2, 0) is 4.74 Å². The van der Waals surface area contributed by atoms with Gasteiger partial charge in [0, 0.05) is 5.56 Å². The smallest absolute Gasteiger partial charge is 0.337 e. The normalized spacial score (nSPS) is 10.5. The fraction of sp³-hybridized carbons (Fsp3) is 0.0667. The van der Waals surface area contributed by atoms with Gasteiger partial charge in [-0.3, -0.25) is 10.1 Å². The van der Waals surface area contributed by atoms with Crippen LogP contribution in [0.25, 0.3) is 11.5 Å². The molecule has 0 aliphatic carbocycles. The Kier molecular flexibility index (Phi) is 5.03. The highest BCUT2D eigenvalue weighted by Crippen LogP contribution is 2.37. The summed E-state index contributed by atoms with van der Waals surface area (Å²) in [5.41, 5.74) is 1.14. The maximum Gasteiger partial charge on any atom is 0.337 e. The Labute approximate surface area is 155 Å². The maximum atomic E-state index is 12.2. The number of ether oxygens (including phenoxy) is 1. The highest BCUT2D eigenvalue weighted by molar-refractivity contribution is 7.20. The summed E-state index contributed by atoms with van der Waals surface area (Å²) in [6.07, 6.45) is 0. The van der Waals surface area contributed by atoms with E-state index in [1.165, 1.54) is 42.7 Å². The summed E-state index contributed by atoms with van der Waals surface area (Å²) < 4.78 is 10.9. The summed E-state index contributed by atoms with van der Waals surface area (Å²) >= 11 is 13.1. The zero-order valence-electron chi connectivity index (χ0n) is 12.6. The van der Waals surface area contributed by atoms with E-state index < -0.39 is 11.9 Å². The number of esters is 1. The van der Waals surface area contributed by atoms with E-state index in [9.17, 15) is 9.59 Å². The average molecular weight is 398 g/mol. The zero-order valence-corrected chi connectivity index (χ0v) is 14.9. The van der Waals surface area contributed by atoms with E-state index in [1.54, 1.807) is 6.07 Å². The minimum absolute atomic E-state index is 0.0876. The standard InChI is InChI=1S/C15H9Cl2N3O4S/c1-23-14(22)8-4-2-7(3-5-8)12(21)18-15-20-19-13(24-15)9-6-10(16)25-11(9)17/h2-6H,1H3,(H,18,20,21). The molecule has 3 rings (SSSR count). The molecule has 0 radical (unpaired) electrons. The van der Waals surface area contributed by atoms with Gasteiger partial charge in [-0.25, -0.2) is 4.79 Å². The Hall–Kier alpha value is -2.42. The first-order chi connectivity index (χ1) is 12.0. The van der Waals surface area contributed by atoms with Crippen LogP contribution >= 0.6 is 34.5 Å². The van der Waals surface area contributed by atoms with Crippen LogP contribution in [0.15, 0.2) is 34.7 Å². The number of methoxy groups -OCH3 is 1. The van der Waals surface area contributed by atoms with E-state index in [1.807, 2.05) is 0 Å². The first kappa shape index (κ1) is 17.4. The van der Waals surface area contributed by atoms with Crippen LogP contribution in [0.2, 0.25) is 8.67 Å². The number of halogens is 2. The molecule has 0 bridgehead atoms. The molecule has 0 spiro atoms. The van der Waals surface area contributed by atoms with Gasteiger partial charge in [0.1, 0.15) is 4.34 Å². The molecule has 2 heterocycles. The lowest BCUT2D eigenvalue weighted by Gasteiger charge is -2.02. The number of thiophene rings is 1. The quantitative estimate of drug-likeness (QED) is 0.664. The van der Waals surface area contributed by atoms with E-state index in [4.69, 9.17) is 27.6 Å². The molecule has 1 amide bonds. The van der Waals surface area contributed by atoms with Crippen LogP contribution < -0.4 is 5.32 Å². The van der Waals surface area contributed by atoms with Crippen molar-refractivity contribution in [2.24, 2.45) is 0 Å². The Bertz CT molecular complexity index is 937. The number of carbonyl (C=O) groups is 2. The van der Waals surface area contributed by atoms with Gasteiger partial charge >= 0.3 is 12.0 Å². The summed E-state index contributed by atoms with van der Waals surface area (Å²) in [5.74, 6) is -0.814. The molecule has 10 heteroatoms. The Morgan fingerprint density at radius 2 is 1.84 bits per heavy atom. The number of amides is 1. The van der Waals surface area contributed by atoms with Crippen molar-refractivity contribution in [3.05, 3.63) is 50.1 Å². The predicted molar refractivity (Wildman–Crippen MR) is 93.4 cm³/mol. The van der Waals surface area contributed by atoms with Crippen molar-refractivity contribution in [2.75, 3.05) is 12.4 Å². The summed E-state index contributed by atoms with van der Waals surface area (Å²) in [6, 6.07) is 7.43. The van der Waals surface area contributed by atoms with Gasteiger partial charge in [0.15, 0.2) is 0 Å². The van der Waals surface area contributed by atoms with Crippen molar-refractivity contribution in [2.45, 2.75) is 0 Å². The van der Waals surface area contributed by atoms with Gasteiger partial charge in [0.25, 0.3) is 11.8 Å². The molecule has 0 atom stereocenters. The molecule has 0 saturated heterocycles. The second-order valence-electron chi connectivity index (χ2n) is 4.67. The first-order valence-corrected chi connectivity index (χ1v) is 8.33. The number of anilines is 1. The van der Waals surface area contributed by atoms with E-state index >= 15 is 0 Å². The van der Waals surface area contributed by atoms with Gasteiger partial charge in [-0.2, -0.15) is 0 Å². The van der Waals surface area contributed by atoms with Crippen molar-refractivity contribution in [3.8, 4) is 11.5 Å². The zero-order chi connectivity index (χ0) is 18.0. The second kappa shape index (κ2) is 7.22. The number of rotatable bonds is 4. The van der Waals surface area contributed by atoms with Crippen LogP contribution in [0, 0.1) is 0 Å². The van der Waals surface area contributed by atoms with Gasteiger partial charge in [-0.05, 0) is 30.3 Å². The molecular formula is C15H9Cl2N3O4S. The molecule has 0 saturated carbocycles. The second-order valence-corrected chi connectivity index (χ2v) is 6.96. The van der Waals surface area contributed by atoms with Crippen molar-refractivity contribution in [3.63, 3.8) is 0 Å². The molecule has 1 aromatic carbocycles. The number of benzene rings is 1. The largest absolute Gasteiger partial charge is 0.465 e. The summed E-state index contributed by atoms with van der Waals surface area (Å²) in [4.78, 5) is 23.6. The van der Waals surface area contributed by atoms with Crippen molar-refractivity contribution < 1.29 is 18.7 Å². The summed E-state index contributed by atoms with van der Waals surface area (Å²) in [5, 5.41) is 10.0. The minimum Gasteiger partial charge on any atom is -0.465 e. The molecule has 1 N–H and O–H groups in total. The van der Waals surface area contributed by atoms with Gasteiger partial charge in [0.2, 0.25) is 0 Å². The van der Waals surface area contributed by atoms with Gasteiger partial charge in [0.05, 0.1) is 22.6 Å². The lowest BCUT2D eigenvalue weighted by Crippen LogP contribution is -2.12. The Morgan fingerprint density at radius 1 is 1.16 bits per heavy atom. The third kappa shape index (κ3) is 3.81. The average Bonchev–Trinajstić information content (AvgIpc) is 3.20. The van der Waals surface area contributed by atoms with Gasteiger partial charge < -0.3 is 9.15 Å². The molecule has 25 heavy (non-hydrogen) atoms. The van der Waals surface area contributed by atoms with Crippen LogP contribution in [0.3, 0.4) is 0 Å². The lowest BCUT2D eigenvalue weighted by molar-refractivity contribution is 0.0600. The number of hydrogen-bond donors (Lipinski definition) is 1. The molecule has 3 aromatic rings. The number of nitrogens with one attached hydrogen (secondary N) is 1. The van der Waals surface area contributed by atoms with Gasteiger partial charge in [-0.15, -0.1) is 16.4 Å². The van der Waals surface area contributed by atoms with Crippen molar-refractivity contribution in [1.82, 2.24) is 10.2 Å².